The molecule has 2 aliphatic heterocycles. The van der Waals surface area contributed by atoms with Crippen LogP contribution in [0.3, 0.4) is 0 Å². The fraction of sp³-hybridized carbons (Fsp3) is 0.647. The summed E-state index contributed by atoms with van der Waals surface area (Å²) >= 11 is 0. The number of rotatable bonds is 4. The molecule has 0 amide bonds. The van der Waals surface area contributed by atoms with Gasteiger partial charge in [-0.05, 0) is 26.0 Å². The Morgan fingerprint density at radius 3 is 2.80 bits per heavy atom. The average molecular weight is 347 g/mol. The Morgan fingerprint density at radius 2 is 2.04 bits per heavy atom. The third-order valence-corrected chi connectivity index (χ3v) is 4.68. The number of aromatic nitrogens is 3. The normalized spacial score (nSPS) is 31.1. The molecule has 4 rings (SSSR count). The SMILES string of the molecule is CC(C)NCC1OC(c2ccc3c(N)ncnn23)C2OC(C)(C)OC12. The molecular formula is C17H25N5O3. The van der Waals surface area contributed by atoms with Gasteiger partial charge in [0.15, 0.2) is 11.6 Å². The number of ether oxygens (including phenoxy) is 3. The molecular weight excluding hydrogens is 322 g/mol. The van der Waals surface area contributed by atoms with Crippen molar-refractivity contribution < 1.29 is 14.2 Å². The monoisotopic (exact) mass is 347 g/mol. The molecule has 0 bridgehead atoms. The zero-order chi connectivity index (χ0) is 17.8. The first-order valence-corrected chi connectivity index (χ1v) is 8.68. The molecule has 0 radical (unpaired) electrons. The first-order valence-electron chi connectivity index (χ1n) is 8.68. The van der Waals surface area contributed by atoms with Gasteiger partial charge in [-0.1, -0.05) is 13.8 Å². The van der Waals surface area contributed by atoms with Crippen molar-refractivity contribution in [1.82, 2.24) is 19.9 Å². The van der Waals surface area contributed by atoms with E-state index in [1.165, 1.54) is 6.33 Å². The summed E-state index contributed by atoms with van der Waals surface area (Å²) in [6.07, 6.45) is 0.761. The largest absolute Gasteiger partial charge is 0.382 e. The summed E-state index contributed by atoms with van der Waals surface area (Å²) in [6.45, 7) is 8.80. The lowest BCUT2D eigenvalue weighted by atomic mass is 10.1. The van der Waals surface area contributed by atoms with Crippen LogP contribution in [0.5, 0.6) is 0 Å². The summed E-state index contributed by atoms with van der Waals surface area (Å²) < 4.78 is 20.4. The van der Waals surface area contributed by atoms with Gasteiger partial charge in [-0.25, -0.2) is 9.50 Å². The van der Waals surface area contributed by atoms with Crippen molar-refractivity contribution >= 4 is 11.3 Å². The Morgan fingerprint density at radius 1 is 1.28 bits per heavy atom. The van der Waals surface area contributed by atoms with E-state index in [4.69, 9.17) is 19.9 Å². The molecule has 0 spiro atoms. The molecule has 0 aromatic carbocycles. The maximum atomic E-state index is 6.33. The third kappa shape index (κ3) is 2.89. The van der Waals surface area contributed by atoms with E-state index in [-0.39, 0.29) is 24.4 Å². The zero-order valence-corrected chi connectivity index (χ0v) is 15.0. The molecule has 8 heteroatoms. The van der Waals surface area contributed by atoms with Crippen LogP contribution in [0.2, 0.25) is 0 Å². The van der Waals surface area contributed by atoms with Crippen LogP contribution < -0.4 is 11.1 Å². The molecule has 0 saturated carbocycles. The third-order valence-electron chi connectivity index (χ3n) is 4.68. The van der Waals surface area contributed by atoms with Gasteiger partial charge in [0.2, 0.25) is 0 Å². The molecule has 2 fully saturated rings. The molecule has 4 atom stereocenters. The van der Waals surface area contributed by atoms with Crippen LogP contribution >= 0.6 is 0 Å². The molecule has 136 valence electrons. The summed E-state index contributed by atoms with van der Waals surface area (Å²) in [6, 6.07) is 4.25. The zero-order valence-electron chi connectivity index (χ0n) is 15.0. The lowest BCUT2D eigenvalue weighted by Crippen LogP contribution is -2.39. The van der Waals surface area contributed by atoms with E-state index in [1.54, 1.807) is 4.52 Å². The fourth-order valence-electron chi connectivity index (χ4n) is 3.62. The number of nitrogen functional groups attached to an aromatic ring is 1. The Kier molecular flexibility index (Phi) is 3.95. The van der Waals surface area contributed by atoms with Gasteiger partial charge in [0, 0.05) is 12.6 Å². The highest BCUT2D eigenvalue weighted by Crippen LogP contribution is 2.45. The highest BCUT2D eigenvalue weighted by Gasteiger charge is 2.56. The standard InChI is InChI=1S/C17H25N5O3/c1-9(2)19-7-12-14-15(25-17(3,4)24-14)13(23-12)10-5-6-11-16(18)20-8-21-22(10)11/h5-6,8-9,12-15,19H,7H2,1-4H3,(H2,18,20,21). The van der Waals surface area contributed by atoms with Crippen molar-refractivity contribution in [2.24, 2.45) is 0 Å². The van der Waals surface area contributed by atoms with Gasteiger partial charge in [0.1, 0.15) is 30.2 Å². The second-order valence-electron chi connectivity index (χ2n) is 7.42. The van der Waals surface area contributed by atoms with Gasteiger partial charge in [-0.15, -0.1) is 0 Å². The molecule has 3 N–H and O–H groups in total. The maximum absolute atomic E-state index is 6.33. The lowest BCUT2D eigenvalue weighted by Gasteiger charge is -2.24. The molecule has 8 nitrogen and oxygen atoms in total. The quantitative estimate of drug-likeness (QED) is 0.860. The van der Waals surface area contributed by atoms with E-state index in [9.17, 15) is 0 Å². The molecule has 4 heterocycles. The highest BCUT2D eigenvalue weighted by molar-refractivity contribution is 5.65. The van der Waals surface area contributed by atoms with Gasteiger partial charge >= 0.3 is 0 Å². The van der Waals surface area contributed by atoms with E-state index in [1.807, 2.05) is 26.0 Å². The molecule has 0 aliphatic carbocycles. The topological polar surface area (TPSA) is 95.9 Å². The molecule has 25 heavy (non-hydrogen) atoms. The number of nitrogens with one attached hydrogen (secondary N) is 1. The van der Waals surface area contributed by atoms with E-state index in [0.717, 1.165) is 11.2 Å². The van der Waals surface area contributed by atoms with Crippen molar-refractivity contribution in [2.45, 2.75) is 63.9 Å². The molecule has 4 unspecified atom stereocenters. The van der Waals surface area contributed by atoms with E-state index in [2.05, 4.69) is 29.2 Å². The average Bonchev–Trinajstić information content (AvgIpc) is 3.17. The van der Waals surface area contributed by atoms with Gasteiger partial charge in [0.05, 0.1) is 11.8 Å². The van der Waals surface area contributed by atoms with Gasteiger partial charge in [-0.2, -0.15) is 5.10 Å². The fourth-order valence-corrected chi connectivity index (χ4v) is 3.62. The minimum Gasteiger partial charge on any atom is -0.382 e. The van der Waals surface area contributed by atoms with Gasteiger partial charge in [0.25, 0.3) is 0 Å². The number of fused-ring (bicyclic) bond motifs is 2. The summed E-state index contributed by atoms with van der Waals surface area (Å²) in [5, 5.41) is 7.76. The number of hydrogen-bond donors (Lipinski definition) is 2. The first kappa shape index (κ1) is 16.7. The van der Waals surface area contributed by atoms with Crippen LogP contribution in [0, 0.1) is 0 Å². The minimum atomic E-state index is -0.630. The Labute approximate surface area is 146 Å². The van der Waals surface area contributed by atoms with Crippen LogP contribution in [-0.2, 0) is 14.2 Å². The van der Waals surface area contributed by atoms with Crippen molar-refractivity contribution in [2.75, 3.05) is 12.3 Å². The second kappa shape index (κ2) is 5.91. The van der Waals surface area contributed by atoms with E-state index >= 15 is 0 Å². The number of nitrogens with two attached hydrogens (primary N) is 1. The maximum Gasteiger partial charge on any atom is 0.164 e. The number of hydrogen-bond acceptors (Lipinski definition) is 7. The summed E-state index contributed by atoms with van der Waals surface area (Å²) in [5.74, 6) is -0.188. The van der Waals surface area contributed by atoms with Crippen LogP contribution in [0.25, 0.3) is 5.52 Å². The summed E-state index contributed by atoms with van der Waals surface area (Å²) in [7, 11) is 0. The summed E-state index contributed by atoms with van der Waals surface area (Å²) in [5.41, 5.74) is 7.61. The Hall–Kier alpha value is -1.74. The Balaban J connectivity index is 1.67. The van der Waals surface area contributed by atoms with E-state index in [0.29, 0.717) is 18.4 Å². The van der Waals surface area contributed by atoms with Crippen LogP contribution in [-0.4, -0.2) is 51.3 Å². The number of nitrogens with zero attached hydrogens (tertiary/aromatic N) is 3. The number of anilines is 1. The molecule has 2 aromatic heterocycles. The minimum absolute atomic E-state index is 0.0936. The Bertz CT molecular complexity index is 775. The highest BCUT2D eigenvalue weighted by atomic mass is 16.8. The first-order chi connectivity index (χ1) is 11.9. The predicted octanol–water partition coefficient (Wildman–Crippen LogP) is 1.27. The predicted molar refractivity (Wildman–Crippen MR) is 92.0 cm³/mol. The van der Waals surface area contributed by atoms with Gasteiger partial charge < -0.3 is 25.3 Å². The molecule has 2 aromatic rings. The van der Waals surface area contributed by atoms with Gasteiger partial charge in [-0.3, -0.25) is 0 Å². The second-order valence-corrected chi connectivity index (χ2v) is 7.42. The lowest BCUT2D eigenvalue weighted by molar-refractivity contribution is -0.187. The molecule has 2 aliphatic rings. The van der Waals surface area contributed by atoms with Crippen molar-refractivity contribution in [1.29, 1.82) is 0 Å². The van der Waals surface area contributed by atoms with Crippen molar-refractivity contribution in [3.8, 4) is 0 Å². The smallest absolute Gasteiger partial charge is 0.164 e. The van der Waals surface area contributed by atoms with E-state index < -0.39 is 5.79 Å². The molecule has 2 saturated heterocycles. The van der Waals surface area contributed by atoms with Crippen LogP contribution in [0.4, 0.5) is 5.82 Å². The van der Waals surface area contributed by atoms with Crippen molar-refractivity contribution in [3.05, 3.63) is 24.2 Å². The summed E-state index contributed by atoms with van der Waals surface area (Å²) in [4.78, 5) is 4.04. The van der Waals surface area contributed by atoms with Crippen molar-refractivity contribution in [3.63, 3.8) is 0 Å². The van der Waals surface area contributed by atoms with Crippen LogP contribution in [0.15, 0.2) is 18.5 Å². The van der Waals surface area contributed by atoms with Crippen LogP contribution in [0.1, 0.15) is 39.5 Å².